The molecule has 0 saturated carbocycles. The molecule has 0 spiro atoms. The molecule has 29 heavy (non-hydrogen) atoms. The first-order chi connectivity index (χ1) is 14.3. The smallest absolute Gasteiger partial charge is 0.257 e. The zero-order valence-corrected chi connectivity index (χ0v) is 17.9. The number of aromatic nitrogens is 2. The summed E-state index contributed by atoms with van der Waals surface area (Å²) < 4.78 is 8.27. The van der Waals surface area contributed by atoms with Crippen LogP contribution in [0.3, 0.4) is 0 Å². The summed E-state index contributed by atoms with van der Waals surface area (Å²) in [6.07, 6.45) is 3.99. The number of hydrogen-bond donors (Lipinski definition) is 1. The Balaban J connectivity index is 1.16. The van der Waals surface area contributed by atoms with E-state index in [0.29, 0.717) is 11.1 Å². The van der Waals surface area contributed by atoms with Crippen LogP contribution < -0.4 is 10.1 Å². The maximum absolute atomic E-state index is 12.0. The highest BCUT2D eigenvalue weighted by atomic mass is 32.2. The molecule has 2 heterocycles. The quantitative estimate of drug-likeness (QED) is 0.537. The van der Waals surface area contributed by atoms with Crippen LogP contribution >= 0.6 is 23.5 Å². The van der Waals surface area contributed by atoms with Crippen LogP contribution in [0.4, 0.5) is 0 Å². The molecule has 0 atom stereocenters. The average molecular weight is 428 g/mol. The first-order valence-corrected chi connectivity index (χ1v) is 12.0. The molecule has 1 saturated heterocycles. The normalized spacial score (nSPS) is 14.8. The maximum atomic E-state index is 12.0. The van der Waals surface area contributed by atoms with Crippen molar-refractivity contribution in [3.63, 3.8) is 0 Å². The van der Waals surface area contributed by atoms with Crippen molar-refractivity contribution in [3.05, 3.63) is 60.4 Å². The van der Waals surface area contributed by atoms with E-state index in [1.165, 1.54) is 23.5 Å². The van der Waals surface area contributed by atoms with Crippen LogP contribution in [0.2, 0.25) is 0 Å². The van der Waals surface area contributed by atoms with Crippen LogP contribution in [0.1, 0.15) is 23.0 Å². The third-order valence-electron chi connectivity index (χ3n) is 4.77. The molecule has 1 aliphatic heterocycles. The Morgan fingerprint density at radius 2 is 1.93 bits per heavy atom. The average Bonchev–Trinajstić information content (AvgIpc) is 3.19. The van der Waals surface area contributed by atoms with Gasteiger partial charge in [-0.05, 0) is 54.2 Å². The summed E-state index contributed by atoms with van der Waals surface area (Å²) in [5.41, 5.74) is 3.44. The number of ether oxygens (including phenoxy) is 1. The van der Waals surface area contributed by atoms with Gasteiger partial charge in [-0.15, -0.1) is 23.5 Å². The van der Waals surface area contributed by atoms with Gasteiger partial charge < -0.3 is 14.6 Å². The van der Waals surface area contributed by atoms with Crippen molar-refractivity contribution in [2.24, 2.45) is 0 Å². The number of benzene rings is 2. The Morgan fingerprint density at radius 3 is 2.76 bits per heavy atom. The summed E-state index contributed by atoms with van der Waals surface area (Å²) in [5, 5.41) is 2.92. The molecule has 1 aliphatic rings. The molecule has 3 aromatic rings. The number of carbonyl (C=O) groups excluding carboxylic acids is 1. The molecule has 0 bridgehead atoms. The lowest BCUT2D eigenvalue weighted by Gasteiger charge is -2.21. The van der Waals surface area contributed by atoms with E-state index in [1.54, 1.807) is 0 Å². The molecule has 7 heteroatoms. The highest BCUT2D eigenvalue weighted by Gasteiger charge is 2.16. The first kappa shape index (κ1) is 20.2. The van der Waals surface area contributed by atoms with E-state index >= 15 is 0 Å². The molecule has 0 unspecified atom stereocenters. The van der Waals surface area contributed by atoms with Gasteiger partial charge in [0.25, 0.3) is 5.91 Å². The first-order valence-electron chi connectivity index (χ1n) is 9.92. The van der Waals surface area contributed by atoms with Gasteiger partial charge in [-0.2, -0.15) is 0 Å². The molecule has 2 aromatic carbocycles. The van der Waals surface area contributed by atoms with Crippen molar-refractivity contribution in [3.8, 4) is 5.75 Å². The van der Waals surface area contributed by atoms with E-state index in [4.69, 9.17) is 4.74 Å². The van der Waals surface area contributed by atoms with Gasteiger partial charge >= 0.3 is 0 Å². The third-order valence-corrected chi connectivity index (χ3v) is 7.79. The van der Waals surface area contributed by atoms with Crippen LogP contribution in [0, 0.1) is 0 Å². The number of thioether (sulfide) groups is 2. The predicted octanol–water partition coefficient (Wildman–Crippen LogP) is 4.49. The topological polar surface area (TPSA) is 56.1 Å². The molecule has 0 aliphatic carbocycles. The van der Waals surface area contributed by atoms with Crippen molar-refractivity contribution in [1.82, 2.24) is 14.9 Å². The van der Waals surface area contributed by atoms with E-state index in [-0.39, 0.29) is 12.5 Å². The van der Waals surface area contributed by atoms with Crippen molar-refractivity contribution in [2.45, 2.75) is 24.0 Å². The van der Waals surface area contributed by atoms with Gasteiger partial charge in [0.2, 0.25) is 0 Å². The molecule has 1 amide bonds. The molecule has 4 rings (SSSR count). The number of rotatable bonds is 8. The second-order valence-electron chi connectivity index (χ2n) is 6.91. The van der Waals surface area contributed by atoms with E-state index < -0.39 is 0 Å². The Kier molecular flexibility index (Phi) is 7.00. The number of imidazole rings is 1. The minimum atomic E-state index is -0.0945. The summed E-state index contributed by atoms with van der Waals surface area (Å²) in [5.74, 6) is 3.10. The summed E-state index contributed by atoms with van der Waals surface area (Å²) in [7, 11) is 0. The minimum absolute atomic E-state index is 0.0419. The van der Waals surface area contributed by atoms with Crippen molar-refractivity contribution < 1.29 is 9.53 Å². The van der Waals surface area contributed by atoms with Gasteiger partial charge in [-0.25, -0.2) is 4.98 Å². The highest BCUT2D eigenvalue weighted by molar-refractivity contribution is 8.16. The van der Waals surface area contributed by atoms with Crippen LogP contribution in [0.15, 0.2) is 54.9 Å². The highest BCUT2D eigenvalue weighted by Crippen LogP contribution is 2.43. The molecule has 0 radical (unpaired) electrons. The predicted molar refractivity (Wildman–Crippen MR) is 122 cm³/mol. The van der Waals surface area contributed by atoms with Crippen LogP contribution in [0.25, 0.3) is 11.0 Å². The lowest BCUT2D eigenvalue weighted by molar-refractivity contribution is -0.123. The number of nitrogens with one attached hydrogen (secondary N) is 1. The summed E-state index contributed by atoms with van der Waals surface area (Å²) in [6.45, 7) is 1.48. The zero-order valence-electron chi connectivity index (χ0n) is 16.3. The van der Waals surface area contributed by atoms with Crippen LogP contribution in [0.5, 0.6) is 5.75 Å². The molecular formula is C22H25N3O2S2. The monoisotopic (exact) mass is 427 g/mol. The Morgan fingerprint density at radius 1 is 1.14 bits per heavy atom. The lowest BCUT2D eigenvalue weighted by atomic mass is 10.2. The molecule has 152 valence electrons. The number of nitrogens with zero attached hydrogens (tertiary/aromatic N) is 2. The van der Waals surface area contributed by atoms with Gasteiger partial charge in [-0.3, -0.25) is 4.79 Å². The number of amides is 1. The lowest BCUT2D eigenvalue weighted by Crippen LogP contribution is -2.30. The van der Waals surface area contributed by atoms with Crippen molar-refractivity contribution >= 4 is 40.5 Å². The number of fused-ring (bicyclic) bond motifs is 1. The van der Waals surface area contributed by atoms with Gasteiger partial charge in [0.05, 0.1) is 21.9 Å². The second kappa shape index (κ2) is 10.1. The molecule has 1 aromatic heterocycles. The van der Waals surface area contributed by atoms with Crippen molar-refractivity contribution in [1.29, 1.82) is 0 Å². The standard InChI is InChI=1S/C22H25N3O2S2/c26-21(23-11-3-12-25-16-24-19-5-1-2-6-20(19)25)15-27-18-9-7-17(8-10-18)22-28-13-4-14-29-22/h1-2,5-10,16,22H,3-4,11-15H2,(H,23,26). The summed E-state index contributed by atoms with van der Waals surface area (Å²) >= 11 is 4.01. The summed E-state index contributed by atoms with van der Waals surface area (Å²) in [4.78, 5) is 16.4. The molecule has 1 fully saturated rings. The van der Waals surface area contributed by atoms with Crippen molar-refractivity contribution in [2.75, 3.05) is 24.7 Å². The zero-order chi connectivity index (χ0) is 19.9. The maximum Gasteiger partial charge on any atom is 0.257 e. The third kappa shape index (κ3) is 5.48. The van der Waals surface area contributed by atoms with E-state index in [1.807, 2.05) is 60.2 Å². The summed E-state index contributed by atoms with van der Waals surface area (Å²) in [6, 6.07) is 16.2. The Hall–Kier alpha value is -2.12. The van der Waals surface area contributed by atoms with E-state index in [2.05, 4.69) is 33.1 Å². The fraction of sp³-hybridized carbons (Fsp3) is 0.364. The van der Waals surface area contributed by atoms with Crippen LogP contribution in [-0.4, -0.2) is 40.1 Å². The second-order valence-corrected chi connectivity index (χ2v) is 9.64. The number of hydrogen-bond acceptors (Lipinski definition) is 5. The van der Waals surface area contributed by atoms with E-state index in [0.717, 1.165) is 29.7 Å². The van der Waals surface area contributed by atoms with Gasteiger partial charge in [0, 0.05) is 13.1 Å². The number of aryl methyl sites for hydroxylation is 1. The van der Waals surface area contributed by atoms with Gasteiger partial charge in [-0.1, -0.05) is 24.3 Å². The van der Waals surface area contributed by atoms with E-state index in [9.17, 15) is 4.79 Å². The molecular weight excluding hydrogens is 402 g/mol. The van der Waals surface area contributed by atoms with Gasteiger partial charge in [0.1, 0.15) is 5.75 Å². The Bertz CT molecular complexity index is 937. The fourth-order valence-corrected chi connectivity index (χ4v) is 6.16. The molecule has 1 N–H and O–H groups in total. The fourth-order valence-electron chi connectivity index (χ4n) is 3.27. The number of carbonyl (C=O) groups is 1. The van der Waals surface area contributed by atoms with Crippen LogP contribution in [-0.2, 0) is 11.3 Å². The largest absolute Gasteiger partial charge is 0.484 e. The molecule has 5 nitrogen and oxygen atoms in total. The minimum Gasteiger partial charge on any atom is -0.484 e. The van der Waals surface area contributed by atoms with Gasteiger partial charge in [0.15, 0.2) is 6.61 Å². The SMILES string of the molecule is O=C(COc1ccc(C2SCCCS2)cc1)NCCCn1cnc2ccccc21. The Labute approximate surface area is 179 Å². The number of para-hydroxylation sites is 2.